The molecule has 1 fully saturated rings. The molecule has 1 N–H and O–H groups in total. The highest BCUT2D eigenvalue weighted by Crippen LogP contribution is 2.29. The predicted octanol–water partition coefficient (Wildman–Crippen LogP) is 0.0896. The van der Waals surface area contributed by atoms with Gasteiger partial charge in [-0.05, 0) is 6.08 Å². The fourth-order valence-electron chi connectivity index (χ4n) is 1.04. The van der Waals surface area contributed by atoms with Crippen molar-refractivity contribution in [2.24, 2.45) is 0 Å². The summed E-state index contributed by atoms with van der Waals surface area (Å²) >= 11 is 1.60. The zero-order valence-corrected chi connectivity index (χ0v) is 6.11. The molecule has 4 heteroatoms. The molecule has 54 valence electrons. The second kappa shape index (κ2) is 2.20. The van der Waals surface area contributed by atoms with E-state index in [0.29, 0.717) is 6.73 Å². The maximum Gasteiger partial charge on any atom is 0.243 e. The lowest BCUT2D eigenvalue weighted by atomic mass is 10.3. The Kier molecular flexibility index (Phi) is 1.34. The summed E-state index contributed by atoms with van der Waals surface area (Å²) in [5, 5.41) is 2.57. The molecule has 1 saturated heterocycles. The maximum atomic E-state index is 11.0. The summed E-state index contributed by atoms with van der Waals surface area (Å²) in [6, 6.07) is 0. The molecular formula is C6H7NO2S. The third kappa shape index (κ3) is 0.794. The number of amides is 1. The average Bonchev–Trinajstić information content (AvgIpc) is 2.36. The van der Waals surface area contributed by atoms with Crippen LogP contribution in [0.2, 0.25) is 0 Å². The summed E-state index contributed by atoms with van der Waals surface area (Å²) in [5.41, 5.74) is 0. The summed E-state index contributed by atoms with van der Waals surface area (Å²) in [7, 11) is 0. The highest BCUT2D eigenvalue weighted by Gasteiger charge is 2.31. The standard InChI is InChI=1S/C6H7NO2S/c8-6-5-4(1-2-10-5)9-3-7-6/h1,5H,2-3H2,(H,7,8). The van der Waals surface area contributed by atoms with Gasteiger partial charge in [0.25, 0.3) is 0 Å². The molecule has 2 rings (SSSR count). The minimum absolute atomic E-state index is 0.0613. The van der Waals surface area contributed by atoms with Gasteiger partial charge in [0.15, 0.2) is 6.73 Å². The molecule has 0 spiro atoms. The number of hydrogen-bond donors (Lipinski definition) is 1. The Morgan fingerprint density at radius 1 is 1.80 bits per heavy atom. The van der Waals surface area contributed by atoms with Crippen LogP contribution < -0.4 is 5.32 Å². The van der Waals surface area contributed by atoms with E-state index in [1.807, 2.05) is 6.08 Å². The first kappa shape index (κ1) is 6.09. The number of rotatable bonds is 0. The van der Waals surface area contributed by atoms with Crippen LogP contribution in [-0.2, 0) is 9.53 Å². The minimum atomic E-state index is -0.0613. The minimum Gasteiger partial charge on any atom is -0.476 e. The fourth-order valence-corrected chi connectivity index (χ4v) is 2.05. The van der Waals surface area contributed by atoms with E-state index in [1.165, 1.54) is 0 Å². The van der Waals surface area contributed by atoms with Gasteiger partial charge in [0.05, 0.1) is 0 Å². The van der Waals surface area contributed by atoms with E-state index >= 15 is 0 Å². The molecule has 0 aromatic heterocycles. The Bertz CT molecular complexity index is 202. The molecule has 0 bridgehead atoms. The van der Waals surface area contributed by atoms with E-state index in [0.717, 1.165) is 11.5 Å². The number of nitrogens with one attached hydrogen (secondary N) is 1. The van der Waals surface area contributed by atoms with Gasteiger partial charge in [-0.15, -0.1) is 11.8 Å². The van der Waals surface area contributed by atoms with Crippen LogP contribution >= 0.6 is 11.8 Å². The van der Waals surface area contributed by atoms with Crippen molar-refractivity contribution in [3.63, 3.8) is 0 Å². The van der Waals surface area contributed by atoms with E-state index in [1.54, 1.807) is 11.8 Å². The molecule has 1 atom stereocenters. The maximum absolute atomic E-state index is 11.0. The Hall–Kier alpha value is -0.640. The van der Waals surface area contributed by atoms with Crippen molar-refractivity contribution in [1.29, 1.82) is 0 Å². The molecule has 0 aliphatic carbocycles. The first-order chi connectivity index (χ1) is 4.88. The molecule has 2 heterocycles. The molecule has 2 aliphatic heterocycles. The molecule has 3 nitrogen and oxygen atoms in total. The Balaban J connectivity index is 2.21. The van der Waals surface area contributed by atoms with Gasteiger partial charge in [-0.25, -0.2) is 0 Å². The van der Waals surface area contributed by atoms with E-state index < -0.39 is 0 Å². The molecule has 2 aliphatic rings. The molecule has 10 heavy (non-hydrogen) atoms. The molecular weight excluding hydrogens is 150 g/mol. The zero-order valence-electron chi connectivity index (χ0n) is 5.29. The van der Waals surface area contributed by atoms with Gasteiger partial charge >= 0.3 is 0 Å². The van der Waals surface area contributed by atoms with E-state index in [9.17, 15) is 4.79 Å². The van der Waals surface area contributed by atoms with E-state index in [-0.39, 0.29) is 11.2 Å². The van der Waals surface area contributed by atoms with Crippen LogP contribution in [0.5, 0.6) is 0 Å². The highest BCUT2D eigenvalue weighted by molar-refractivity contribution is 8.01. The second-order valence-electron chi connectivity index (χ2n) is 2.15. The summed E-state index contributed by atoms with van der Waals surface area (Å²) < 4.78 is 5.18. The number of ether oxygens (including phenoxy) is 1. The third-order valence-corrected chi connectivity index (χ3v) is 2.67. The number of fused-ring (bicyclic) bond motifs is 1. The van der Waals surface area contributed by atoms with Crippen LogP contribution in [0.4, 0.5) is 0 Å². The normalized spacial score (nSPS) is 30.2. The first-order valence-corrected chi connectivity index (χ1v) is 4.15. The summed E-state index contributed by atoms with van der Waals surface area (Å²) in [6.07, 6.45) is 1.97. The van der Waals surface area contributed by atoms with Crippen molar-refractivity contribution in [3.8, 4) is 0 Å². The third-order valence-electron chi connectivity index (χ3n) is 1.53. The monoisotopic (exact) mass is 157 g/mol. The van der Waals surface area contributed by atoms with Gasteiger partial charge < -0.3 is 10.1 Å². The van der Waals surface area contributed by atoms with Gasteiger partial charge in [0.1, 0.15) is 11.0 Å². The molecule has 0 saturated carbocycles. The van der Waals surface area contributed by atoms with Gasteiger partial charge in [-0.1, -0.05) is 0 Å². The van der Waals surface area contributed by atoms with Crippen molar-refractivity contribution in [2.75, 3.05) is 12.5 Å². The van der Waals surface area contributed by atoms with Crippen LogP contribution in [-0.4, -0.2) is 23.6 Å². The topological polar surface area (TPSA) is 38.3 Å². The molecule has 1 amide bonds. The van der Waals surface area contributed by atoms with Crippen LogP contribution in [0, 0.1) is 0 Å². The second-order valence-corrected chi connectivity index (χ2v) is 3.29. The van der Waals surface area contributed by atoms with E-state index in [2.05, 4.69) is 5.32 Å². The van der Waals surface area contributed by atoms with Crippen molar-refractivity contribution >= 4 is 17.7 Å². The number of carbonyl (C=O) groups excluding carboxylic acids is 1. The molecule has 0 aromatic rings. The lowest BCUT2D eigenvalue weighted by Gasteiger charge is -2.20. The summed E-state index contributed by atoms with van der Waals surface area (Å²) in [4.78, 5) is 11.0. The van der Waals surface area contributed by atoms with Crippen LogP contribution in [0.1, 0.15) is 0 Å². The van der Waals surface area contributed by atoms with Crippen LogP contribution in [0.3, 0.4) is 0 Å². The fraction of sp³-hybridized carbons (Fsp3) is 0.500. The molecule has 0 radical (unpaired) electrons. The molecule has 1 unspecified atom stereocenters. The summed E-state index contributed by atoms with van der Waals surface area (Å²) in [5.74, 6) is 1.82. The van der Waals surface area contributed by atoms with Crippen molar-refractivity contribution in [3.05, 3.63) is 11.8 Å². The van der Waals surface area contributed by atoms with Gasteiger partial charge in [-0.3, -0.25) is 4.79 Å². The van der Waals surface area contributed by atoms with Crippen molar-refractivity contribution < 1.29 is 9.53 Å². The number of hydrogen-bond acceptors (Lipinski definition) is 3. The van der Waals surface area contributed by atoms with Gasteiger partial charge in [-0.2, -0.15) is 0 Å². The summed E-state index contributed by atoms with van der Waals surface area (Å²) in [6.45, 7) is 0.335. The smallest absolute Gasteiger partial charge is 0.243 e. The van der Waals surface area contributed by atoms with E-state index in [4.69, 9.17) is 4.74 Å². The Morgan fingerprint density at radius 2 is 2.70 bits per heavy atom. The van der Waals surface area contributed by atoms with Crippen LogP contribution in [0.15, 0.2) is 11.8 Å². The Morgan fingerprint density at radius 3 is 3.50 bits per heavy atom. The molecule has 0 aromatic carbocycles. The lowest BCUT2D eigenvalue weighted by molar-refractivity contribution is -0.124. The number of carbonyl (C=O) groups is 1. The quantitative estimate of drug-likeness (QED) is 0.541. The SMILES string of the molecule is O=C1NCOC2=CCSC12. The van der Waals surface area contributed by atoms with Crippen molar-refractivity contribution in [1.82, 2.24) is 5.32 Å². The lowest BCUT2D eigenvalue weighted by Crippen LogP contribution is -2.40. The van der Waals surface area contributed by atoms with Crippen LogP contribution in [0.25, 0.3) is 0 Å². The highest BCUT2D eigenvalue weighted by atomic mass is 32.2. The first-order valence-electron chi connectivity index (χ1n) is 3.10. The predicted molar refractivity (Wildman–Crippen MR) is 38.4 cm³/mol. The number of thioether (sulfide) groups is 1. The Labute approximate surface area is 62.8 Å². The average molecular weight is 157 g/mol. The largest absolute Gasteiger partial charge is 0.476 e. The van der Waals surface area contributed by atoms with Gasteiger partial charge in [0.2, 0.25) is 5.91 Å². The zero-order chi connectivity index (χ0) is 6.97. The van der Waals surface area contributed by atoms with Gasteiger partial charge in [0, 0.05) is 5.75 Å². The van der Waals surface area contributed by atoms with Crippen molar-refractivity contribution in [2.45, 2.75) is 5.25 Å².